The summed E-state index contributed by atoms with van der Waals surface area (Å²) in [6, 6.07) is 0.404. The van der Waals surface area contributed by atoms with E-state index in [1.807, 2.05) is 0 Å². The number of amides is 1. The quantitative estimate of drug-likeness (QED) is 0.549. The molecule has 114 valence electrons. The van der Waals surface area contributed by atoms with Gasteiger partial charge in [0.05, 0.1) is 18.4 Å². The van der Waals surface area contributed by atoms with Crippen LogP contribution < -0.4 is 16.2 Å². The van der Waals surface area contributed by atoms with E-state index >= 15 is 0 Å². The van der Waals surface area contributed by atoms with Crippen molar-refractivity contribution in [2.24, 2.45) is 0 Å². The highest BCUT2D eigenvalue weighted by Crippen LogP contribution is 2.19. The summed E-state index contributed by atoms with van der Waals surface area (Å²) in [6.45, 7) is 4.57. The average Bonchev–Trinajstić information content (AvgIpc) is 3.26. The molecule has 0 aromatic carbocycles. The van der Waals surface area contributed by atoms with Crippen LogP contribution in [-0.2, 0) is 11.3 Å². The van der Waals surface area contributed by atoms with E-state index in [0.717, 1.165) is 12.8 Å². The van der Waals surface area contributed by atoms with Crippen molar-refractivity contribution in [1.29, 1.82) is 0 Å². The normalized spacial score (nSPS) is 13.8. The molecular weight excluding hydrogens is 336 g/mol. The monoisotopic (exact) mass is 354 g/mol. The number of hydrogen-bond donors (Lipinski definition) is 2. The third-order valence-corrected chi connectivity index (χ3v) is 3.89. The lowest BCUT2D eigenvalue weighted by molar-refractivity contribution is -0.121. The van der Waals surface area contributed by atoms with E-state index in [1.54, 1.807) is 12.3 Å². The van der Waals surface area contributed by atoms with Gasteiger partial charge in [0.15, 0.2) is 0 Å². The number of nitrogens with zero attached hydrogens (tertiary/aromatic N) is 2. The molecule has 0 radical (unpaired) electrons. The molecule has 1 aromatic heterocycles. The molecule has 1 aromatic rings. The van der Waals surface area contributed by atoms with E-state index in [4.69, 9.17) is 0 Å². The standard InChI is InChI=1S/C14H19BrN4O2/c1-2-8-19-14(21)13(15)11(9-17-19)16-7-3-4-12(20)18-10-5-6-10/h2,9-10,16H,1,3-8H2,(H,18,20). The molecule has 1 amide bonds. The van der Waals surface area contributed by atoms with E-state index in [-0.39, 0.29) is 11.5 Å². The van der Waals surface area contributed by atoms with Gasteiger partial charge in [0.25, 0.3) is 5.56 Å². The fourth-order valence-corrected chi connectivity index (χ4v) is 2.29. The van der Waals surface area contributed by atoms with Crippen molar-refractivity contribution in [2.45, 2.75) is 38.3 Å². The fraction of sp³-hybridized carbons (Fsp3) is 0.500. The maximum Gasteiger partial charge on any atom is 0.283 e. The van der Waals surface area contributed by atoms with Crippen LogP contribution >= 0.6 is 15.9 Å². The van der Waals surface area contributed by atoms with Crippen molar-refractivity contribution in [1.82, 2.24) is 15.1 Å². The minimum Gasteiger partial charge on any atom is -0.383 e. The number of anilines is 1. The molecule has 0 aliphatic heterocycles. The molecule has 1 aliphatic carbocycles. The lowest BCUT2D eigenvalue weighted by Crippen LogP contribution is -2.26. The van der Waals surface area contributed by atoms with Gasteiger partial charge >= 0.3 is 0 Å². The van der Waals surface area contributed by atoms with Crippen LogP contribution in [0.3, 0.4) is 0 Å². The van der Waals surface area contributed by atoms with Gasteiger partial charge in [-0.2, -0.15) is 5.10 Å². The Labute approximate surface area is 131 Å². The Kier molecular flexibility index (Phi) is 5.55. The van der Waals surface area contributed by atoms with Crippen LogP contribution in [0.5, 0.6) is 0 Å². The maximum atomic E-state index is 12.0. The summed E-state index contributed by atoms with van der Waals surface area (Å²) < 4.78 is 1.77. The number of halogens is 1. The van der Waals surface area contributed by atoms with Crippen molar-refractivity contribution in [2.75, 3.05) is 11.9 Å². The van der Waals surface area contributed by atoms with Gasteiger partial charge in [0.1, 0.15) is 4.47 Å². The van der Waals surface area contributed by atoms with Gasteiger partial charge < -0.3 is 10.6 Å². The summed E-state index contributed by atoms with van der Waals surface area (Å²) in [5.41, 5.74) is 0.439. The van der Waals surface area contributed by atoms with E-state index in [1.165, 1.54) is 4.68 Å². The molecule has 0 atom stereocenters. The van der Waals surface area contributed by atoms with Gasteiger partial charge in [0, 0.05) is 19.0 Å². The Hall–Kier alpha value is -1.63. The molecule has 0 spiro atoms. The van der Waals surface area contributed by atoms with Crippen LogP contribution in [0.25, 0.3) is 0 Å². The summed E-state index contributed by atoms with van der Waals surface area (Å²) in [5.74, 6) is 0.0953. The Morgan fingerprint density at radius 2 is 2.33 bits per heavy atom. The van der Waals surface area contributed by atoms with Crippen molar-refractivity contribution in [3.05, 3.63) is 33.7 Å². The lowest BCUT2D eigenvalue weighted by Gasteiger charge is -2.09. The third-order valence-electron chi connectivity index (χ3n) is 3.13. The van der Waals surface area contributed by atoms with Gasteiger partial charge in [0.2, 0.25) is 5.91 Å². The van der Waals surface area contributed by atoms with E-state index in [9.17, 15) is 9.59 Å². The van der Waals surface area contributed by atoms with Crippen LogP contribution in [-0.4, -0.2) is 28.3 Å². The van der Waals surface area contributed by atoms with Crippen molar-refractivity contribution >= 4 is 27.5 Å². The SMILES string of the molecule is C=CCn1ncc(NCCCC(=O)NC2CC2)c(Br)c1=O. The largest absolute Gasteiger partial charge is 0.383 e. The maximum absolute atomic E-state index is 12.0. The molecule has 0 saturated heterocycles. The summed E-state index contributed by atoms with van der Waals surface area (Å²) in [6.07, 6.45) is 6.61. The minimum atomic E-state index is -0.202. The number of carbonyl (C=O) groups is 1. The van der Waals surface area contributed by atoms with Crippen LogP contribution in [0, 0.1) is 0 Å². The van der Waals surface area contributed by atoms with E-state index in [0.29, 0.717) is 42.1 Å². The highest BCUT2D eigenvalue weighted by Gasteiger charge is 2.22. The summed E-state index contributed by atoms with van der Waals surface area (Å²) in [4.78, 5) is 23.5. The smallest absolute Gasteiger partial charge is 0.283 e. The molecule has 7 heteroatoms. The minimum absolute atomic E-state index is 0.0953. The molecule has 0 unspecified atom stereocenters. The molecule has 0 bridgehead atoms. The average molecular weight is 355 g/mol. The summed E-state index contributed by atoms with van der Waals surface area (Å²) in [5, 5.41) is 10.1. The molecule has 2 rings (SSSR count). The number of aromatic nitrogens is 2. The van der Waals surface area contributed by atoms with Gasteiger partial charge in [-0.05, 0) is 35.2 Å². The predicted octanol–water partition coefficient (Wildman–Crippen LogP) is 1.66. The number of allylic oxidation sites excluding steroid dienone is 1. The number of rotatable bonds is 8. The lowest BCUT2D eigenvalue weighted by atomic mass is 10.3. The van der Waals surface area contributed by atoms with Gasteiger partial charge in [-0.15, -0.1) is 6.58 Å². The number of carbonyl (C=O) groups excluding carboxylic acids is 1. The second-order valence-electron chi connectivity index (χ2n) is 5.02. The van der Waals surface area contributed by atoms with E-state index in [2.05, 4.69) is 38.2 Å². The summed E-state index contributed by atoms with van der Waals surface area (Å²) in [7, 11) is 0. The van der Waals surface area contributed by atoms with Crippen molar-refractivity contribution in [3.8, 4) is 0 Å². The zero-order valence-electron chi connectivity index (χ0n) is 11.8. The molecular formula is C14H19BrN4O2. The first-order valence-corrected chi connectivity index (χ1v) is 7.81. The van der Waals surface area contributed by atoms with Crippen LogP contribution in [0.2, 0.25) is 0 Å². The molecule has 2 N–H and O–H groups in total. The Balaban J connectivity index is 1.79. The second kappa shape index (κ2) is 7.40. The van der Waals surface area contributed by atoms with Gasteiger partial charge in [-0.1, -0.05) is 6.08 Å². The molecule has 6 nitrogen and oxygen atoms in total. The van der Waals surface area contributed by atoms with Crippen LogP contribution in [0.4, 0.5) is 5.69 Å². The zero-order valence-corrected chi connectivity index (χ0v) is 13.4. The highest BCUT2D eigenvalue weighted by molar-refractivity contribution is 9.10. The molecule has 1 saturated carbocycles. The topological polar surface area (TPSA) is 76.0 Å². The second-order valence-corrected chi connectivity index (χ2v) is 5.81. The van der Waals surface area contributed by atoms with Gasteiger partial charge in [-0.25, -0.2) is 4.68 Å². The first kappa shape index (κ1) is 15.8. The predicted molar refractivity (Wildman–Crippen MR) is 85.3 cm³/mol. The highest BCUT2D eigenvalue weighted by atomic mass is 79.9. The Bertz CT molecular complexity index is 581. The van der Waals surface area contributed by atoms with E-state index < -0.39 is 0 Å². The Morgan fingerprint density at radius 3 is 3.00 bits per heavy atom. The first-order valence-electron chi connectivity index (χ1n) is 7.01. The third kappa shape index (κ3) is 4.70. The zero-order chi connectivity index (χ0) is 15.2. The van der Waals surface area contributed by atoms with Crippen LogP contribution in [0.1, 0.15) is 25.7 Å². The molecule has 1 heterocycles. The molecule has 1 aliphatic rings. The van der Waals surface area contributed by atoms with Crippen molar-refractivity contribution < 1.29 is 4.79 Å². The first-order chi connectivity index (χ1) is 10.1. The Morgan fingerprint density at radius 1 is 1.57 bits per heavy atom. The fourth-order valence-electron chi connectivity index (χ4n) is 1.84. The van der Waals surface area contributed by atoms with Crippen LogP contribution in [0.15, 0.2) is 28.1 Å². The molecule has 21 heavy (non-hydrogen) atoms. The summed E-state index contributed by atoms with van der Waals surface area (Å²) >= 11 is 3.27. The number of hydrogen-bond acceptors (Lipinski definition) is 4. The molecule has 1 fully saturated rings. The number of nitrogens with one attached hydrogen (secondary N) is 2. The van der Waals surface area contributed by atoms with Gasteiger partial charge in [-0.3, -0.25) is 9.59 Å². The van der Waals surface area contributed by atoms with Crippen molar-refractivity contribution in [3.63, 3.8) is 0 Å².